The summed E-state index contributed by atoms with van der Waals surface area (Å²) in [4.78, 5) is 8.40. The minimum absolute atomic E-state index is 0.137. The van der Waals surface area contributed by atoms with Crippen LogP contribution in [-0.2, 0) is 13.6 Å². The molecule has 0 amide bonds. The minimum Gasteiger partial charge on any atom is -0.319 e. The molecule has 90 valence electrons. The van der Waals surface area contributed by atoms with Crippen LogP contribution in [0.25, 0.3) is 0 Å². The standard InChI is InChI=1S/C11H16N6/c1-8(11-16-14-7-17(11)3)13-6-10-4-5-12-9(2)15-10/h4-5,7-8,13H,6H2,1-3H3. The number of aromatic nitrogens is 5. The lowest BCUT2D eigenvalue weighted by Crippen LogP contribution is -2.21. The molecule has 0 saturated carbocycles. The summed E-state index contributed by atoms with van der Waals surface area (Å²) in [5.74, 6) is 1.70. The Hall–Kier alpha value is -1.82. The molecule has 6 nitrogen and oxygen atoms in total. The van der Waals surface area contributed by atoms with Crippen molar-refractivity contribution in [2.24, 2.45) is 7.05 Å². The predicted octanol–water partition coefficient (Wildman–Crippen LogP) is 0.764. The first-order chi connectivity index (χ1) is 8.16. The van der Waals surface area contributed by atoms with E-state index in [1.807, 2.05) is 24.6 Å². The molecule has 6 heteroatoms. The predicted molar refractivity (Wildman–Crippen MR) is 63.0 cm³/mol. The fourth-order valence-corrected chi connectivity index (χ4v) is 1.64. The molecule has 1 unspecified atom stereocenters. The molecule has 0 bridgehead atoms. The third-order valence-electron chi connectivity index (χ3n) is 2.56. The lowest BCUT2D eigenvalue weighted by Gasteiger charge is -2.12. The highest BCUT2D eigenvalue weighted by molar-refractivity contribution is 5.02. The van der Waals surface area contributed by atoms with Crippen LogP contribution >= 0.6 is 0 Å². The van der Waals surface area contributed by atoms with Crippen molar-refractivity contribution in [3.05, 3.63) is 35.9 Å². The number of nitrogens with zero attached hydrogens (tertiary/aromatic N) is 5. The minimum atomic E-state index is 0.137. The molecule has 0 aliphatic carbocycles. The Morgan fingerprint density at radius 2 is 2.29 bits per heavy atom. The SMILES string of the molecule is Cc1nccc(CNC(C)c2nncn2C)n1. The van der Waals surface area contributed by atoms with Gasteiger partial charge in [0.15, 0.2) is 0 Å². The highest BCUT2D eigenvalue weighted by atomic mass is 15.3. The van der Waals surface area contributed by atoms with E-state index in [4.69, 9.17) is 0 Å². The molecule has 17 heavy (non-hydrogen) atoms. The molecule has 0 saturated heterocycles. The van der Waals surface area contributed by atoms with Gasteiger partial charge in [0, 0.05) is 19.8 Å². The van der Waals surface area contributed by atoms with Gasteiger partial charge in [-0.15, -0.1) is 10.2 Å². The first-order valence-corrected chi connectivity index (χ1v) is 5.52. The Bertz CT molecular complexity index is 492. The van der Waals surface area contributed by atoms with Gasteiger partial charge in [-0.1, -0.05) is 0 Å². The van der Waals surface area contributed by atoms with Gasteiger partial charge in [-0.05, 0) is 19.9 Å². The van der Waals surface area contributed by atoms with Gasteiger partial charge in [-0.25, -0.2) is 9.97 Å². The molecule has 2 heterocycles. The molecule has 2 rings (SSSR count). The average molecular weight is 232 g/mol. The number of hydrogen-bond donors (Lipinski definition) is 1. The van der Waals surface area contributed by atoms with E-state index in [1.165, 1.54) is 0 Å². The fourth-order valence-electron chi connectivity index (χ4n) is 1.64. The Morgan fingerprint density at radius 3 is 2.94 bits per heavy atom. The summed E-state index contributed by atoms with van der Waals surface area (Å²) in [7, 11) is 1.93. The maximum Gasteiger partial charge on any atom is 0.149 e. The average Bonchev–Trinajstić information content (AvgIpc) is 2.72. The third-order valence-corrected chi connectivity index (χ3v) is 2.56. The monoisotopic (exact) mass is 232 g/mol. The summed E-state index contributed by atoms with van der Waals surface area (Å²) in [5.41, 5.74) is 0.978. The second-order valence-electron chi connectivity index (χ2n) is 4.00. The summed E-state index contributed by atoms with van der Waals surface area (Å²) in [6, 6.07) is 2.04. The van der Waals surface area contributed by atoms with Crippen molar-refractivity contribution in [2.45, 2.75) is 26.4 Å². The highest BCUT2D eigenvalue weighted by Gasteiger charge is 2.10. The normalized spacial score (nSPS) is 12.6. The van der Waals surface area contributed by atoms with Crippen molar-refractivity contribution < 1.29 is 0 Å². The largest absolute Gasteiger partial charge is 0.319 e. The van der Waals surface area contributed by atoms with E-state index in [-0.39, 0.29) is 6.04 Å². The molecule has 0 spiro atoms. The van der Waals surface area contributed by atoms with Crippen molar-refractivity contribution in [3.63, 3.8) is 0 Å². The molecule has 0 aliphatic heterocycles. The molecule has 2 aromatic rings. The van der Waals surface area contributed by atoms with Gasteiger partial charge in [0.05, 0.1) is 11.7 Å². The summed E-state index contributed by atoms with van der Waals surface area (Å²) in [6.07, 6.45) is 3.47. The quantitative estimate of drug-likeness (QED) is 0.843. The lowest BCUT2D eigenvalue weighted by molar-refractivity contribution is 0.522. The maximum atomic E-state index is 4.33. The van der Waals surface area contributed by atoms with Gasteiger partial charge in [0.25, 0.3) is 0 Å². The highest BCUT2D eigenvalue weighted by Crippen LogP contribution is 2.07. The van der Waals surface area contributed by atoms with Crippen molar-refractivity contribution in [1.29, 1.82) is 0 Å². The second kappa shape index (κ2) is 5.01. The van der Waals surface area contributed by atoms with Gasteiger partial charge in [-0.3, -0.25) is 0 Å². The van der Waals surface area contributed by atoms with Crippen LogP contribution < -0.4 is 5.32 Å². The van der Waals surface area contributed by atoms with Crippen LogP contribution in [0.5, 0.6) is 0 Å². The van der Waals surface area contributed by atoms with E-state index in [0.29, 0.717) is 6.54 Å². The molecule has 0 aliphatic rings. The van der Waals surface area contributed by atoms with Crippen molar-refractivity contribution in [2.75, 3.05) is 0 Å². The topological polar surface area (TPSA) is 68.5 Å². The zero-order valence-electron chi connectivity index (χ0n) is 10.3. The van der Waals surface area contributed by atoms with E-state index < -0.39 is 0 Å². The number of rotatable bonds is 4. The van der Waals surface area contributed by atoms with Gasteiger partial charge >= 0.3 is 0 Å². The summed E-state index contributed by atoms with van der Waals surface area (Å²) >= 11 is 0. The van der Waals surface area contributed by atoms with Gasteiger partial charge < -0.3 is 9.88 Å². The maximum absolute atomic E-state index is 4.33. The summed E-state index contributed by atoms with van der Waals surface area (Å²) in [6.45, 7) is 4.63. The Labute approximate surface area is 100 Å². The van der Waals surface area contributed by atoms with Crippen molar-refractivity contribution >= 4 is 0 Å². The first kappa shape index (κ1) is 11.7. The first-order valence-electron chi connectivity index (χ1n) is 5.52. The number of nitrogens with one attached hydrogen (secondary N) is 1. The molecule has 1 N–H and O–H groups in total. The van der Waals surface area contributed by atoms with Crippen LogP contribution in [0.3, 0.4) is 0 Å². The summed E-state index contributed by atoms with van der Waals surface area (Å²) < 4.78 is 1.91. The van der Waals surface area contributed by atoms with E-state index >= 15 is 0 Å². The molecule has 0 fully saturated rings. The van der Waals surface area contributed by atoms with Crippen molar-refractivity contribution in [3.8, 4) is 0 Å². The van der Waals surface area contributed by atoms with Crippen LogP contribution in [0.2, 0.25) is 0 Å². The Kier molecular flexibility index (Phi) is 3.43. The van der Waals surface area contributed by atoms with Gasteiger partial charge in [0.2, 0.25) is 0 Å². The van der Waals surface area contributed by atoms with Gasteiger partial charge in [0.1, 0.15) is 18.0 Å². The number of hydrogen-bond acceptors (Lipinski definition) is 5. The molecular weight excluding hydrogens is 216 g/mol. The zero-order valence-corrected chi connectivity index (χ0v) is 10.3. The summed E-state index contributed by atoms with van der Waals surface area (Å²) in [5, 5.41) is 11.3. The van der Waals surface area contributed by atoms with Gasteiger partial charge in [-0.2, -0.15) is 0 Å². The van der Waals surface area contributed by atoms with E-state index in [2.05, 4.69) is 32.4 Å². The second-order valence-corrected chi connectivity index (χ2v) is 4.00. The van der Waals surface area contributed by atoms with Crippen LogP contribution in [0.15, 0.2) is 18.6 Å². The Balaban J connectivity index is 1.97. The number of aryl methyl sites for hydroxylation is 2. The zero-order chi connectivity index (χ0) is 12.3. The van der Waals surface area contributed by atoms with E-state index in [0.717, 1.165) is 17.3 Å². The van der Waals surface area contributed by atoms with Crippen LogP contribution in [0, 0.1) is 6.92 Å². The fraction of sp³-hybridized carbons (Fsp3) is 0.455. The molecule has 1 atom stereocenters. The molecule has 0 radical (unpaired) electrons. The smallest absolute Gasteiger partial charge is 0.149 e. The van der Waals surface area contributed by atoms with E-state index in [1.54, 1.807) is 12.5 Å². The molecule has 0 aromatic carbocycles. The van der Waals surface area contributed by atoms with Crippen molar-refractivity contribution in [1.82, 2.24) is 30.0 Å². The van der Waals surface area contributed by atoms with Crippen LogP contribution in [-0.4, -0.2) is 24.7 Å². The molecular formula is C11H16N6. The van der Waals surface area contributed by atoms with Crippen LogP contribution in [0.1, 0.15) is 30.3 Å². The van der Waals surface area contributed by atoms with Crippen LogP contribution in [0.4, 0.5) is 0 Å². The Morgan fingerprint density at radius 1 is 1.47 bits per heavy atom. The van der Waals surface area contributed by atoms with E-state index in [9.17, 15) is 0 Å². The molecule has 2 aromatic heterocycles. The third kappa shape index (κ3) is 2.85. The lowest BCUT2D eigenvalue weighted by atomic mass is 10.3.